The topological polar surface area (TPSA) is 52.0 Å². The molecule has 16 heavy (non-hydrogen) atoms. The first kappa shape index (κ1) is 11.0. The van der Waals surface area contributed by atoms with E-state index in [0.29, 0.717) is 10.8 Å². The van der Waals surface area contributed by atoms with Crippen LogP contribution in [0.3, 0.4) is 0 Å². The summed E-state index contributed by atoms with van der Waals surface area (Å²) in [6, 6.07) is 7.53. The fourth-order valence-electron chi connectivity index (χ4n) is 1.64. The van der Waals surface area contributed by atoms with Crippen molar-refractivity contribution in [3.63, 3.8) is 0 Å². The Labute approximate surface area is 99.2 Å². The van der Waals surface area contributed by atoms with Crippen LogP contribution in [0.1, 0.15) is 25.5 Å². The predicted molar refractivity (Wildman–Crippen MR) is 65.5 cm³/mol. The quantitative estimate of drug-likeness (QED) is 0.865. The molecule has 0 saturated carbocycles. The third kappa shape index (κ3) is 1.78. The van der Waals surface area contributed by atoms with Gasteiger partial charge in [0.2, 0.25) is 0 Å². The van der Waals surface area contributed by atoms with Crippen molar-refractivity contribution in [1.29, 1.82) is 0 Å². The molecule has 0 fully saturated rings. The molecule has 1 aromatic heterocycles. The minimum Gasteiger partial charge on any atom is -0.380 e. The highest BCUT2D eigenvalue weighted by atomic mass is 35.5. The molecule has 2 aromatic rings. The lowest BCUT2D eigenvalue weighted by molar-refractivity contribution is 0.374. The maximum atomic E-state index is 6.14. The summed E-state index contributed by atoms with van der Waals surface area (Å²) in [5.41, 5.74) is 7.49. The number of halogens is 1. The third-order valence-corrected chi connectivity index (χ3v) is 2.74. The highest BCUT2D eigenvalue weighted by molar-refractivity contribution is 6.33. The minimum atomic E-state index is 0.219. The Kier molecular flexibility index (Phi) is 2.88. The van der Waals surface area contributed by atoms with Crippen LogP contribution in [0, 0.1) is 0 Å². The Hall–Kier alpha value is -1.48. The molecule has 2 rings (SSSR count). The van der Waals surface area contributed by atoms with Gasteiger partial charge in [-0.15, -0.1) is 0 Å². The standard InChI is InChI=1S/C12H13ClN2O/c1-7(2)11-10(12(14)15-16-11)8-5-3-4-6-9(8)13/h3-7H,1-2H3,(H2,14,15). The van der Waals surface area contributed by atoms with Crippen LogP contribution in [-0.4, -0.2) is 5.16 Å². The van der Waals surface area contributed by atoms with Gasteiger partial charge in [-0.2, -0.15) is 0 Å². The summed E-state index contributed by atoms with van der Waals surface area (Å²) in [5, 5.41) is 4.45. The Morgan fingerprint density at radius 2 is 2.00 bits per heavy atom. The van der Waals surface area contributed by atoms with Gasteiger partial charge in [0.1, 0.15) is 5.76 Å². The SMILES string of the molecule is CC(C)c1onc(N)c1-c1ccccc1Cl. The van der Waals surface area contributed by atoms with E-state index in [0.717, 1.165) is 16.9 Å². The molecule has 0 atom stereocenters. The molecule has 0 spiro atoms. The lowest BCUT2D eigenvalue weighted by Crippen LogP contribution is -1.92. The van der Waals surface area contributed by atoms with Gasteiger partial charge in [0, 0.05) is 16.5 Å². The van der Waals surface area contributed by atoms with Gasteiger partial charge in [0.25, 0.3) is 0 Å². The van der Waals surface area contributed by atoms with E-state index in [1.807, 2.05) is 38.1 Å². The zero-order chi connectivity index (χ0) is 11.7. The van der Waals surface area contributed by atoms with Crippen LogP contribution in [0.15, 0.2) is 28.8 Å². The molecule has 0 aliphatic rings. The van der Waals surface area contributed by atoms with Gasteiger partial charge in [0.05, 0.1) is 5.56 Å². The molecule has 3 nitrogen and oxygen atoms in total. The molecule has 0 amide bonds. The molecule has 1 heterocycles. The van der Waals surface area contributed by atoms with E-state index < -0.39 is 0 Å². The van der Waals surface area contributed by atoms with Crippen LogP contribution < -0.4 is 5.73 Å². The zero-order valence-corrected chi connectivity index (χ0v) is 9.95. The Morgan fingerprint density at radius 3 is 2.62 bits per heavy atom. The molecular weight excluding hydrogens is 224 g/mol. The van der Waals surface area contributed by atoms with Gasteiger partial charge < -0.3 is 10.3 Å². The Balaban J connectivity index is 2.64. The molecule has 0 saturated heterocycles. The van der Waals surface area contributed by atoms with Crippen molar-refractivity contribution >= 4 is 17.4 Å². The zero-order valence-electron chi connectivity index (χ0n) is 9.20. The summed E-state index contributed by atoms with van der Waals surface area (Å²) in [4.78, 5) is 0. The first-order valence-corrected chi connectivity index (χ1v) is 5.49. The van der Waals surface area contributed by atoms with Gasteiger partial charge in [-0.1, -0.05) is 48.8 Å². The van der Waals surface area contributed by atoms with Gasteiger partial charge in [-0.3, -0.25) is 0 Å². The van der Waals surface area contributed by atoms with E-state index in [1.165, 1.54) is 0 Å². The summed E-state index contributed by atoms with van der Waals surface area (Å²) in [6.45, 7) is 4.06. The van der Waals surface area contributed by atoms with Crippen LogP contribution in [-0.2, 0) is 0 Å². The summed E-state index contributed by atoms with van der Waals surface area (Å²) < 4.78 is 5.23. The molecule has 2 N–H and O–H groups in total. The minimum absolute atomic E-state index is 0.219. The van der Waals surface area contributed by atoms with Crippen LogP contribution in [0.25, 0.3) is 11.1 Å². The largest absolute Gasteiger partial charge is 0.380 e. The molecule has 1 aromatic carbocycles. The first-order valence-electron chi connectivity index (χ1n) is 5.11. The van der Waals surface area contributed by atoms with E-state index in [9.17, 15) is 0 Å². The average Bonchev–Trinajstić information content (AvgIpc) is 2.61. The fourth-order valence-corrected chi connectivity index (χ4v) is 1.87. The van der Waals surface area contributed by atoms with Crippen molar-refractivity contribution in [3.05, 3.63) is 35.0 Å². The van der Waals surface area contributed by atoms with E-state index in [-0.39, 0.29) is 5.92 Å². The van der Waals surface area contributed by atoms with Crippen molar-refractivity contribution in [2.24, 2.45) is 0 Å². The number of hydrogen-bond acceptors (Lipinski definition) is 3. The summed E-state index contributed by atoms with van der Waals surface area (Å²) in [6.07, 6.45) is 0. The molecule has 0 bridgehead atoms. The van der Waals surface area contributed by atoms with Gasteiger partial charge in [-0.05, 0) is 6.07 Å². The third-order valence-electron chi connectivity index (χ3n) is 2.41. The molecular formula is C12H13ClN2O. The Morgan fingerprint density at radius 1 is 1.31 bits per heavy atom. The second kappa shape index (κ2) is 4.18. The van der Waals surface area contributed by atoms with Crippen LogP contribution in [0.4, 0.5) is 5.82 Å². The van der Waals surface area contributed by atoms with Crippen molar-refractivity contribution < 1.29 is 4.52 Å². The maximum Gasteiger partial charge on any atom is 0.175 e. The smallest absolute Gasteiger partial charge is 0.175 e. The molecule has 0 aliphatic heterocycles. The Bertz CT molecular complexity index is 505. The number of nitrogen functional groups attached to an aromatic ring is 1. The number of hydrogen-bond donors (Lipinski definition) is 1. The molecule has 0 radical (unpaired) electrons. The van der Waals surface area contributed by atoms with E-state index in [1.54, 1.807) is 0 Å². The van der Waals surface area contributed by atoms with Crippen LogP contribution in [0.2, 0.25) is 5.02 Å². The number of aromatic nitrogens is 1. The highest BCUT2D eigenvalue weighted by Crippen LogP contribution is 2.37. The lowest BCUT2D eigenvalue weighted by Gasteiger charge is -2.06. The van der Waals surface area contributed by atoms with Crippen molar-refractivity contribution in [1.82, 2.24) is 5.16 Å². The normalized spacial score (nSPS) is 11.0. The first-order chi connectivity index (χ1) is 7.61. The number of anilines is 1. The van der Waals surface area contributed by atoms with Crippen LogP contribution in [0.5, 0.6) is 0 Å². The number of benzene rings is 1. The van der Waals surface area contributed by atoms with Crippen molar-refractivity contribution in [2.75, 3.05) is 5.73 Å². The number of nitrogens with zero attached hydrogens (tertiary/aromatic N) is 1. The summed E-state index contributed by atoms with van der Waals surface area (Å²) in [7, 11) is 0. The van der Waals surface area contributed by atoms with E-state index in [4.69, 9.17) is 21.9 Å². The second-order valence-corrected chi connectivity index (χ2v) is 4.35. The fraction of sp³-hybridized carbons (Fsp3) is 0.250. The van der Waals surface area contributed by atoms with E-state index in [2.05, 4.69) is 5.16 Å². The average molecular weight is 237 g/mol. The maximum absolute atomic E-state index is 6.14. The molecule has 0 unspecified atom stereocenters. The van der Waals surface area contributed by atoms with Crippen molar-refractivity contribution in [3.8, 4) is 11.1 Å². The number of nitrogens with two attached hydrogens (primary N) is 1. The molecule has 0 aliphatic carbocycles. The monoisotopic (exact) mass is 236 g/mol. The van der Waals surface area contributed by atoms with Crippen LogP contribution >= 0.6 is 11.6 Å². The van der Waals surface area contributed by atoms with Gasteiger partial charge >= 0.3 is 0 Å². The summed E-state index contributed by atoms with van der Waals surface area (Å²) in [5.74, 6) is 1.37. The lowest BCUT2D eigenvalue weighted by atomic mass is 10.00. The predicted octanol–water partition coefficient (Wildman–Crippen LogP) is 3.70. The molecule has 4 heteroatoms. The summed E-state index contributed by atoms with van der Waals surface area (Å²) >= 11 is 6.14. The second-order valence-electron chi connectivity index (χ2n) is 3.94. The highest BCUT2D eigenvalue weighted by Gasteiger charge is 2.19. The number of rotatable bonds is 2. The van der Waals surface area contributed by atoms with Gasteiger partial charge in [0.15, 0.2) is 5.82 Å². The van der Waals surface area contributed by atoms with Gasteiger partial charge in [-0.25, -0.2) is 0 Å². The van der Waals surface area contributed by atoms with E-state index >= 15 is 0 Å². The van der Waals surface area contributed by atoms with Crippen molar-refractivity contribution in [2.45, 2.75) is 19.8 Å². The molecule has 84 valence electrons.